The van der Waals surface area contributed by atoms with Gasteiger partial charge in [-0.05, 0) is 31.0 Å². The van der Waals surface area contributed by atoms with Crippen LogP contribution in [0.1, 0.15) is 37.7 Å². The van der Waals surface area contributed by atoms with E-state index in [-0.39, 0.29) is 11.4 Å². The molecule has 3 nitrogen and oxygen atoms in total. The summed E-state index contributed by atoms with van der Waals surface area (Å²) in [5, 5.41) is 12.8. The van der Waals surface area contributed by atoms with Crippen molar-refractivity contribution in [3.05, 3.63) is 29.6 Å². The largest absolute Gasteiger partial charge is 0.362 e. The van der Waals surface area contributed by atoms with E-state index in [0.717, 1.165) is 38.2 Å². The van der Waals surface area contributed by atoms with Crippen LogP contribution in [-0.4, -0.2) is 25.2 Å². The Balaban J connectivity index is 2.00. The van der Waals surface area contributed by atoms with Crippen LogP contribution in [0.5, 0.6) is 0 Å². The Bertz CT molecular complexity index is 521. The highest BCUT2D eigenvalue weighted by atomic mass is 19.1. The molecule has 1 saturated carbocycles. The molecule has 4 heteroatoms. The fourth-order valence-corrected chi connectivity index (χ4v) is 3.71. The normalized spacial score (nSPS) is 21.7. The second-order valence-corrected chi connectivity index (χ2v) is 5.89. The van der Waals surface area contributed by atoms with Gasteiger partial charge < -0.3 is 10.2 Å². The lowest BCUT2D eigenvalue weighted by atomic mass is 9.78. The number of rotatable bonds is 1. The lowest BCUT2D eigenvalue weighted by molar-refractivity contribution is 0.241. The molecule has 1 aliphatic heterocycles. The fourth-order valence-electron chi connectivity index (χ4n) is 3.71. The zero-order valence-electron chi connectivity index (χ0n) is 11.7. The van der Waals surface area contributed by atoms with Crippen molar-refractivity contribution in [2.45, 2.75) is 37.6 Å². The summed E-state index contributed by atoms with van der Waals surface area (Å²) in [6.45, 7) is 2.78. The molecule has 1 aromatic carbocycles. The van der Waals surface area contributed by atoms with Gasteiger partial charge in [0.1, 0.15) is 11.9 Å². The third-order valence-corrected chi connectivity index (χ3v) is 4.69. The molecule has 2 fully saturated rings. The van der Waals surface area contributed by atoms with Gasteiger partial charge >= 0.3 is 0 Å². The summed E-state index contributed by atoms with van der Waals surface area (Å²) in [5.74, 6) is -0.335. The van der Waals surface area contributed by atoms with Crippen molar-refractivity contribution < 1.29 is 4.39 Å². The number of hydrogen-bond acceptors (Lipinski definition) is 3. The number of piperazine rings is 1. The van der Waals surface area contributed by atoms with Gasteiger partial charge in [-0.15, -0.1) is 0 Å². The second-order valence-electron chi connectivity index (χ2n) is 5.89. The number of benzene rings is 1. The molecule has 2 aliphatic rings. The molecule has 20 heavy (non-hydrogen) atoms. The van der Waals surface area contributed by atoms with Crippen molar-refractivity contribution in [2.75, 3.05) is 24.5 Å². The minimum atomic E-state index is -0.335. The van der Waals surface area contributed by atoms with Gasteiger partial charge in [-0.25, -0.2) is 4.39 Å². The second kappa shape index (κ2) is 5.41. The van der Waals surface area contributed by atoms with Crippen molar-refractivity contribution in [3.8, 4) is 6.07 Å². The standard InChI is InChI=1S/C16H20FN3/c17-14-4-5-15(13(10-14)11-18)20-9-8-19-12-16(20)6-2-1-3-7-16/h4-5,10,19H,1-3,6-9,12H2. The molecule has 0 amide bonds. The summed E-state index contributed by atoms with van der Waals surface area (Å²) in [5.41, 5.74) is 1.47. The van der Waals surface area contributed by atoms with Crippen LogP contribution in [0.3, 0.4) is 0 Å². The Hall–Kier alpha value is -1.60. The first-order valence-corrected chi connectivity index (χ1v) is 7.43. The van der Waals surface area contributed by atoms with E-state index in [1.54, 1.807) is 6.07 Å². The van der Waals surface area contributed by atoms with Crippen LogP contribution in [0.25, 0.3) is 0 Å². The molecule has 0 atom stereocenters. The van der Waals surface area contributed by atoms with E-state index >= 15 is 0 Å². The van der Waals surface area contributed by atoms with Crippen LogP contribution in [0.15, 0.2) is 18.2 Å². The third kappa shape index (κ3) is 2.27. The lowest BCUT2D eigenvalue weighted by Crippen LogP contribution is -2.62. The summed E-state index contributed by atoms with van der Waals surface area (Å²) in [7, 11) is 0. The molecule has 0 unspecified atom stereocenters. The van der Waals surface area contributed by atoms with Crippen LogP contribution in [0.2, 0.25) is 0 Å². The first kappa shape index (κ1) is 13.4. The Morgan fingerprint density at radius 3 is 2.80 bits per heavy atom. The summed E-state index contributed by atoms with van der Waals surface area (Å²) < 4.78 is 13.4. The maximum atomic E-state index is 13.4. The molecule has 1 spiro atoms. The summed E-state index contributed by atoms with van der Waals surface area (Å²) in [6, 6.07) is 6.75. The molecule has 1 heterocycles. The van der Waals surface area contributed by atoms with Crippen molar-refractivity contribution in [2.24, 2.45) is 0 Å². The van der Waals surface area contributed by atoms with Crippen LogP contribution in [-0.2, 0) is 0 Å². The van der Waals surface area contributed by atoms with Gasteiger partial charge in [0.2, 0.25) is 0 Å². The first-order valence-electron chi connectivity index (χ1n) is 7.43. The molecule has 0 bridgehead atoms. The van der Waals surface area contributed by atoms with Crippen molar-refractivity contribution >= 4 is 5.69 Å². The van der Waals surface area contributed by atoms with E-state index in [9.17, 15) is 9.65 Å². The van der Waals surface area contributed by atoms with Crippen LogP contribution < -0.4 is 10.2 Å². The van der Waals surface area contributed by atoms with Gasteiger partial charge in [-0.1, -0.05) is 19.3 Å². The average molecular weight is 273 g/mol. The van der Waals surface area contributed by atoms with Crippen LogP contribution in [0, 0.1) is 17.1 Å². The van der Waals surface area contributed by atoms with Crippen molar-refractivity contribution in [1.29, 1.82) is 5.26 Å². The number of nitrogens with zero attached hydrogens (tertiary/aromatic N) is 2. The molecule has 0 aromatic heterocycles. The first-order chi connectivity index (χ1) is 9.75. The number of hydrogen-bond donors (Lipinski definition) is 1. The van der Waals surface area contributed by atoms with E-state index in [1.165, 1.54) is 31.4 Å². The number of nitrogens with one attached hydrogen (secondary N) is 1. The minimum absolute atomic E-state index is 0.111. The molecule has 1 aromatic rings. The van der Waals surface area contributed by atoms with Gasteiger partial charge in [-0.2, -0.15) is 5.26 Å². The van der Waals surface area contributed by atoms with E-state index in [2.05, 4.69) is 16.3 Å². The smallest absolute Gasteiger partial charge is 0.124 e. The number of halogens is 1. The van der Waals surface area contributed by atoms with Gasteiger partial charge in [-0.3, -0.25) is 0 Å². The molecule has 1 aliphatic carbocycles. The highest BCUT2D eigenvalue weighted by Gasteiger charge is 2.40. The maximum absolute atomic E-state index is 13.4. The molecule has 106 valence electrons. The highest BCUT2D eigenvalue weighted by Crippen LogP contribution is 2.38. The topological polar surface area (TPSA) is 39.1 Å². The zero-order chi connectivity index (χ0) is 14.0. The Labute approximate surface area is 119 Å². The van der Waals surface area contributed by atoms with Crippen LogP contribution in [0.4, 0.5) is 10.1 Å². The zero-order valence-corrected chi connectivity index (χ0v) is 11.7. The number of nitriles is 1. The predicted molar refractivity (Wildman–Crippen MR) is 77.1 cm³/mol. The lowest BCUT2D eigenvalue weighted by Gasteiger charge is -2.51. The van der Waals surface area contributed by atoms with E-state index in [0.29, 0.717) is 5.56 Å². The van der Waals surface area contributed by atoms with E-state index in [1.807, 2.05) is 0 Å². The summed E-state index contributed by atoms with van der Waals surface area (Å²) >= 11 is 0. The van der Waals surface area contributed by atoms with E-state index in [4.69, 9.17) is 0 Å². The molecule has 1 saturated heterocycles. The van der Waals surface area contributed by atoms with Gasteiger partial charge in [0.05, 0.1) is 16.8 Å². The van der Waals surface area contributed by atoms with Crippen LogP contribution >= 0.6 is 0 Å². The van der Waals surface area contributed by atoms with Crippen molar-refractivity contribution in [1.82, 2.24) is 5.32 Å². The molecule has 0 radical (unpaired) electrons. The number of anilines is 1. The predicted octanol–water partition coefficient (Wildman–Crippen LogP) is 2.81. The molecule has 1 N–H and O–H groups in total. The van der Waals surface area contributed by atoms with Gasteiger partial charge in [0.25, 0.3) is 0 Å². The Morgan fingerprint density at radius 1 is 1.25 bits per heavy atom. The summed E-state index contributed by atoms with van der Waals surface area (Å²) in [6.07, 6.45) is 6.08. The SMILES string of the molecule is N#Cc1cc(F)ccc1N1CCNCC12CCCCC2. The third-order valence-electron chi connectivity index (χ3n) is 4.69. The molecule has 3 rings (SSSR count). The van der Waals surface area contributed by atoms with Crippen molar-refractivity contribution in [3.63, 3.8) is 0 Å². The monoisotopic (exact) mass is 273 g/mol. The minimum Gasteiger partial charge on any atom is -0.362 e. The average Bonchev–Trinajstić information content (AvgIpc) is 2.49. The maximum Gasteiger partial charge on any atom is 0.124 e. The fraction of sp³-hybridized carbons (Fsp3) is 0.562. The van der Waals surface area contributed by atoms with Gasteiger partial charge in [0.15, 0.2) is 0 Å². The quantitative estimate of drug-likeness (QED) is 0.855. The van der Waals surface area contributed by atoms with Gasteiger partial charge in [0, 0.05) is 19.6 Å². The van der Waals surface area contributed by atoms with E-state index < -0.39 is 0 Å². The Kier molecular flexibility index (Phi) is 3.62. The summed E-state index contributed by atoms with van der Waals surface area (Å²) in [4.78, 5) is 2.36. The highest BCUT2D eigenvalue weighted by molar-refractivity contribution is 5.61. The molecular formula is C16H20FN3. The Morgan fingerprint density at radius 2 is 2.05 bits per heavy atom. The molecular weight excluding hydrogens is 253 g/mol.